The molecular weight excluding hydrogens is 376 g/mol. The SMILES string of the molecule is O=C(CN1CCN(Cc2ccc(Cl)cc2)CC1)Nc1ccc(F)c(Cl)c1. The average molecular weight is 396 g/mol. The molecule has 0 unspecified atom stereocenters. The third kappa shape index (κ3) is 5.42. The second kappa shape index (κ2) is 8.82. The van der Waals surface area contributed by atoms with Crippen LogP contribution in [0.3, 0.4) is 0 Å². The number of hydrogen-bond donors (Lipinski definition) is 1. The van der Waals surface area contributed by atoms with Gasteiger partial charge >= 0.3 is 0 Å². The van der Waals surface area contributed by atoms with E-state index in [0.717, 1.165) is 37.7 Å². The van der Waals surface area contributed by atoms with Crippen molar-refractivity contribution < 1.29 is 9.18 Å². The van der Waals surface area contributed by atoms with Crippen LogP contribution in [0.2, 0.25) is 10.0 Å². The number of amides is 1. The highest BCUT2D eigenvalue weighted by molar-refractivity contribution is 6.31. The summed E-state index contributed by atoms with van der Waals surface area (Å²) in [5.74, 6) is -0.625. The lowest BCUT2D eigenvalue weighted by atomic mass is 10.2. The summed E-state index contributed by atoms with van der Waals surface area (Å²) in [5.41, 5.74) is 1.73. The Morgan fingerprint density at radius 2 is 1.65 bits per heavy atom. The molecule has 1 N–H and O–H groups in total. The van der Waals surface area contributed by atoms with Crippen molar-refractivity contribution >= 4 is 34.8 Å². The Hall–Kier alpha value is -1.66. The van der Waals surface area contributed by atoms with Crippen LogP contribution in [0.1, 0.15) is 5.56 Å². The first-order valence-electron chi connectivity index (χ1n) is 8.43. The van der Waals surface area contributed by atoms with Crippen LogP contribution >= 0.6 is 23.2 Å². The Morgan fingerprint density at radius 3 is 2.31 bits per heavy atom. The molecule has 7 heteroatoms. The average Bonchev–Trinajstić information content (AvgIpc) is 2.62. The normalized spacial score (nSPS) is 15.8. The van der Waals surface area contributed by atoms with E-state index in [2.05, 4.69) is 15.1 Å². The molecule has 2 aromatic carbocycles. The van der Waals surface area contributed by atoms with Gasteiger partial charge in [-0.3, -0.25) is 14.6 Å². The number of benzene rings is 2. The number of nitrogens with zero attached hydrogens (tertiary/aromatic N) is 2. The summed E-state index contributed by atoms with van der Waals surface area (Å²) in [6.45, 7) is 4.64. The summed E-state index contributed by atoms with van der Waals surface area (Å²) < 4.78 is 13.2. The van der Waals surface area contributed by atoms with Crippen LogP contribution in [0.15, 0.2) is 42.5 Å². The summed E-state index contributed by atoms with van der Waals surface area (Å²) in [5, 5.41) is 3.50. The summed E-state index contributed by atoms with van der Waals surface area (Å²) in [4.78, 5) is 16.6. The van der Waals surface area contributed by atoms with Crippen LogP contribution in [-0.4, -0.2) is 48.4 Å². The van der Waals surface area contributed by atoms with Gasteiger partial charge in [-0.15, -0.1) is 0 Å². The molecule has 2 aromatic rings. The molecule has 1 aliphatic heterocycles. The molecule has 1 amide bonds. The summed E-state index contributed by atoms with van der Waals surface area (Å²) in [6, 6.07) is 12.0. The van der Waals surface area contributed by atoms with Crippen LogP contribution in [0, 0.1) is 5.82 Å². The zero-order chi connectivity index (χ0) is 18.5. The van der Waals surface area contributed by atoms with E-state index in [4.69, 9.17) is 23.2 Å². The van der Waals surface area contributed by atoms with Gasteiger partial charge in [0.15, 0.2) is 0 Å². The van der Waals surface area contributed by atoms with Crippen LogP contribution in [-0.2, 0) is 11.3 Å². The van der Waals surface area contributed by atoms with Gasteiger partial charge in [-0.05, 0) is 35.9 Å². The van der Waals surface area contributed by atoms with Crippen molar-refractivity contribution in [2.24, 2.45) is 0 Å². The molecule has 0 aromatic heterocycles. The standard InChI is InChI=1S/C19H20Cl2FN3O/c20-15-3-1-14(2-4-15)12-24-7-9-25(10-8-24)13-19(26)23-16-5-6-18(22)17(21)11-16/h1-6,11H,7-10,12-13H2,(H,23,26). The number of carbonyl (C=O) groups is 1. The minimum absolute atomic E-state index is 0.00128. The van der Waals surface area contributed by atoms with Gasteiger partial charge < -0.3 is 5.32 Å². The number of rotatable bonds is 5. The molecule has 0 spiro atoms. The first kappa shape index (κ1) is 19.1. The van der Waals surface area contributed by atoms with Gasteiger partial charge in [-0.2, -0.15) is 0 Å². The molecule has 1 aliphatic rings. The largest absolute Gasteiger partial charge is 0.325 e. The number of carbonyl (C=O) groups excluding carboxylic acids is 1. The Morgan fingerprint density at radius 1 is 1.00 bits per heavy atom. The minimum atomic E-state index is -0.499. The fraction of sp³-hybridized carbons (Fsp3) is 0.316. The topological polar surface area (TPSA) is 35.6 Å². The second-order valence-electron chi connectivity index (χ2n) is 6.36. The Bertz CT molecular complexity index is 762. The van der Waals surface area contributed by atoms with E-state index < -0.39 is 5.82 Å². The molecule has 0 atom stereocenters. The molecule has 0 saturated carbocycles. The van der Waals surface area contributed by atoms with Gasteiger partial charge in [0, 0.05) is 43.4 Å². The maximum Gasteiger partial charge on any atom is 0.238 e. The van der Waals surface area contributed by atoms with E-state index in [0.29, 0.717) is 12.2 Å². The fourth-order valence-electron chi connectivity index (χ4n) is 2.93. The van der Waals surface area contributed by atoms with Crippen molar-refractivity contribution in [3.63, 3.8) is 0 Å². The smallest absolute Gasteiger partial charge is 0.238 e. The molecule has 1 heterocycles. The third-order valence-corrected chi connectivity index (χ3v) is 4.90. The molecule has 0 aliphatic carbocycles. The Kier molecular flexibility index (Phi) is 6.48. The van der Waals surface area contributed by atoms with Gasteiger partial charge in [0.05, 0.1) is 11.6 Å². The van der Waals surface area contributed by atoms with Gasteiger partial charge in [0.2, 0.25) is 5.91 Å². The van der Waals surface area contributed by atoms with E-state index in [1.165, 1.54) is 23.8 Å². The van der Waals surface area contributed by atoms with Gasteiger partial charge in [-0.1, -0.05) is 35.3 Å². The molecule has 1 saturated heterocycles. The highest BCUT2D eigenvalue weighted by Crippen LogP contribution is 2.19. The van der Waals surface area contributed by atoms with Gasteiger partial charge in [0.25, 0.3) is 0 Å². The van der Waals surface area contributed by atoms with Gasteiger partial charge in [0.1, 0.15) is 5.82 Å². The third-order valence-electron chi connectivity index (χ3n) is 4.35. The van der Waals surface area contributed by atoms with E-state index >= 15 is 0 Å². The monoisotopic (exact) mass is 395 g/mol. The number of piperazine rings is 1. The maximum absolute atomic E-state index is 13.2. The molecule has 3 rings (SSSR count). The highest BCUT2D eigenvalue weighted by atomic mass is 35.5. The molecule has 0 bridgehead atoms. The first-order chi connectivity index (χ1) is 12.5. The summed E-state index contributed by atoms with van der Waals surface area (Å²) in [6.07, 6.45) is 0. The van der Waals surface area contributed by atoms with E-state index in [1.54, 1.807) is 0 Å². The van der Waals surface area contributed by atoms with Crippen molar-refractivity contribution in [3.8, 4) is 0 Å². The summed E-state index contributed by atoms with van der Waals surface area (Å²) in [7, 11) is 0. The zero-order valence-electron chi connectivity index (χ0n) is 14.2. The number of nitrogens with one attached hydrogen (secondary N) is 1. The number of hydrogen-bond acceptors (Lipinski definition) is 3. The van der Waals surface area contributed by atoms with Crippen LogP contribution in [0.4, 0.5) is 10.1 Å². The molecule has 4 nitrogen and oxygen atoms in total. The lowest BCUT2D eigenvalue weighted by Gasteiger charge is -2.34. The minimum Gasteiger partial charge on any atom is -0.325 e. The van der Waals surface area contributed by atoms with Crippen molar-refractivity contribution in [3.05, 3.63) is 63.9 Å². The van der Waals surface area contributed by atoms with Crippen molar-refractivity contribution in [2.45, 2.75) is 6.54 Å². The van der Waals surface area contributed by atoms with Crippen LogP contribution < -0.4 is 5.32 Å². The quantitative estimate of drug-likeness (QED) is 0.833. The van der Waals surface area contributed by atoms with Gasteiger partial charge in [-0.25, -0.2) is 4.39 Å². The summed E-state index contributed by atoms with van der Waals surface area (Å²) >= 11 is 11.6. The Labute approximate surface area is 162 Å². The fourth-order valence-corrected chi connectivity index (χ4v) is 3.24. The second-order valence-corrected chi connectivity index (χ2v) is 7.20. The number of halogens is 3. The van der Waals surface area contributed by atoms with Crippen molar-refractivity contribution in [2.75, 3.05) is 38.0 Å². The van der Waals surface area contributed by atoms with E-state index in [-0.39, 0.29) is 10.9 Å². The predicted octanol–water partition coefficient (Wildman–Crippen LogP) is 3.89. The molecule has 26 heavy (non-hydrogen) atoms. The molecule has 0 radical (unpaired) electrons. The van der Waals surface area contributed by atoms with Crippen molar-refractivity contribution in [1.82, 2.24) is 9.80 Å². The predicted molar refractivity (Wildman–Crippen MR) is 103 cm³/mol. The Balaban J connectivity index is 1.43. The van der Waals surface area contributed by atoms with Crippen LogP contribution in [0.5, 0.6) is 0 Å². The molecule has 138 valence electrons. The zero-order valence-corrected chi connectivity index (χ0v) is 15.7. The first-order valence-corrected chi connectivity index (χ1v) is 9.19. The van der Waals surface area contributed by atoms with E-state index in [1.807, 2.05) is 24.3 Å². The highest BCUT2D eigenvalue weighted by Gasteiger charge is 2.19. The molecule has 1 fully saturated rings. The maximum atomic E-state index is 13.2. The lowest BCUT2D eigenvalue weighted by molar-refractivity contribution is -0.117. The lowest BCUT2D eigenvalue weighted by Crippen LogP contribution is -2.48. The van der Waals surface area contributed by atoms with Crippen LogP contribution in [0.25, 0.3) is 0 Å². The van der Waals surface area contributed by atoms with Crippen molar-refractivity contribution in [1.29, 1.82) is 0 Å². The van der Waals surface area contributed by atoms with E-state index in [9.17, 15) is 9.18 Å². The number of anilines is 1. The molecular formula is C19H20Cl2FN3O.